The van der Waals surface area contributed by atoms with E-state index in [0.717, 1.165) is 31.1 Å². The van der Waals surface area contributed by atoms with Gasteiger partial charge in [0.25, 0.3) is 0 Å². The van der Waals surface area contributed by atoms with Crippen LogP contribution in [-0.4, -0.2) is 15.7 Å². The minimum absolute atomic E-state index is 0.137. The first kappa shape index (κ1) is 18.5. The summed E-state index contributed by atoms with van der Waals surface area (Å²) in [5.74, 6) is -0.851. The molecule has 1 aromatic carbocycles. The SMILES string of the molecule is CCCCn1nc(C)c(/C=C/C(=O)Nc2ccc(F)cc2Cl)c1Cl. The molecule has 24 heavy (non-hydrogen) atoms. The average molecular weight is 370 g/mol. The van der Waals surface area contributed by atoms with Crippen molar-refractivity contribution in [1.29, 1.82) is 0 Å². The van der Waals surface area contributed by atoms with Gasteiger partial charge >= 0.3 is 0 Å². The van der Waals surface area contributed by atoms with E-state index in [-0.39, 0.29) is 10.9 Å². The predicted octanol–water partition coefficient (Wildman–Crippen LogP) is 5.09. The van der Waals surface area contributed by atoms with Gasteiger partial charge in [0.05, 0.1) is 16.4 Å². The Morgan fingerprint density at radius 2 is 2.17 bits per heavy atom. The number of rotatable bonds is 6. The summed E-state index contributed by atoms with van der Waals surface area (Å²) in [7, 11) is 0. The van der Waals surface area contributed by atoms with Crippen LogP contribution in [0, 0.1) is 12.7 Å². The molecule has 0 bridgehead atoms. The number of anilines is 1. The second-order valence-electron chi connectivity index (χ2n) is 5.31. The highest BCUT2D eigenvalue weighted by Crippen LogP contribution is 2.24. The third-order valence-electron chi connectivity index (χ3n) is 3.42. The molecule has 0 fully saturated rings. The maximum atomic E-state index is 13.0. The van der Waals surface area contributed by atoms with E-state index in [0.29, 0.717) is 16.4 Å². The molecule has 4 nitrogen and oxygen atoms in total. The van der Waals surface area contributed by atoms with E-state index >= 15 is 0 Å². The first-order valence-corrected chi connectivity index (χ1v) is 8.35. The molecule has 0 saturated carbocycles. The van der Waals surface area contributed by atoms with Crippen LogP contribution < -0.4 is 5.32 Å². The van der Waals surface area contributed by atoms with Crippen LogP contribution in [0.3, 0.4) is 0 Å². The monoisotopic (exact) mass is 369 g/mol. The molecule has 0 atom stereocenters. The van der Waals surface area contributed by atoms with Gasteiger partial charge in [0.15, 0.2) is 0 Å². The lowest BCUT2D eigenvalue weighted by Crippen LogP contribution is -2.08. The highest BCUT2D eigenvalue weighted by atomic mass is 35.5. The van der Waals surface area contributed by atoms with Crippen molar-refractivity contribution in [1.82, 2.24) is 9.78 Å². The van der Waals surface area contributed by atoms with E-state index in [4.69, 9.17) is 23.2 Å². The van der Waals surface area contributed by atoms with Crippen LogP contribution in [0.5, 0.6) is 0 Å². The number of nitrogens with one attached hydrogen (secondary N) is 1. The normalized spacial score (nSPS) is 11.2. The summed E-state index contributed by atoms with van der Waals surface area (Å²) in [5.41, 5.74) is 1.79. The van der Waals surface area contributed by atoms with Gasteiger partial charge in [0, 0.05) is 18.2 Å². The molecular formula is C17H18Cl2FN3O. The molecule has 1 N–H and O–H groups in total. The zero-order valence-electron chi connectivity index (χ0n) is 13.4. The van der Waals surface area contributed by atoms with Crippen molar-refractivity contribution in [2.24, 2.45) is 0 Å². The maximum Gasteiger partial charge on any atom is 0.248 e. The van der Waals surface area contributed by atoms with Crippen LogP contribution in [0.25, 0.3) is 6.08 Å². The number of unbranched alkanes of at least 4 members (excludes halogenated alkanes) is 1. The van der Waals surface area contributed by atoms with Crippen LogP contribution in [-0.2, 0) is 11.3 Å². The van der Waals surface area contributed by atoms with E-state index in [2.05, 4.69) is 17.3 Å². The second kappa shape index (κ2) is 8.31. The zero-order chi connectivity index (χ0) is 17.7. The van der Waals surface area contributed by atoms with Crippen molar-refractivity contribution in [2.45, 2.75) is 33.2 Å². The van der Waals surface area contributed by atoms with Crippen molar-refractivity contribution < 1.29 is 9.18 Å². The Bertz CT molecular complexity index is 771. The summed E-state index contributed by atoms with van der Waals surface area (Å²) in [5, 5.41) is 7.61. The fourth-order valence-corrected chi connectivity index (χ4v) is 2.67. The second-order valence-corrected chi connectivity index (χ2v) is 6.08. The zero-order valence-corrected chi connectivity index (χ0v) is 15.0. The lowest BCUT2D eigenvalue weighted by Gasteiger charge is -2.04. The molecule has 0 radical (unpaired) electrons. The summed E-state index contributed by atoms with van der Waals surface area (Å²) in [6.07, 6.45) is 4.98. The Labute approximate surface area is 150 Å². The largest absolute Gasteiger partial charge is 0.321 e. The van der Waals surface area contributed by atoms with Gasteiger partial charge in [-0.2, -0.15) is 5.10 Å². The minimum atomic E-state index is -0.463. The molecule has 1 aromatic heterocycles. The highest BCUT2D eigenvalue weighted by molar-refractivity contribution is 6.34. The van der Waals surface area contributed by atoms with Gasteiger partial charge in [0.2, 0.25) is 5.91 Å². The number of hydrogen-bond donors (Lipinski definition) is 1. The number of benzene rings is 1. The molecule has 128 valence electrons. The summed E-state index contributed by atoms with van der Waals surface area (Å²) in [6, 6.07) is 3.77. The van der Waals surface area contributed by atoms with Gasteiger partial charge < -0.3 is 5.32 Å². The number of aromatic nitrogens is 2. The molecule has 1 heterocycles. The van der Waals surface area contributed by atoms with E-state index in [1.165, 1.54) is 18.2 Å². The number of halogens is 3. The Kier molecular flexibility index (Phi) is 6.40. The van der Waals surface area contributed by atoms with E-state index in [9.17, 15) is 9.18 Å². The van der Waals surface area contributed by atoms with Gasteiger partial charge in [0.1, 0.15) is 11.0 Å². The van der Waals surface area contributed by atoms with E-state index < -0.39 is 5.82 Å². The molecule has 0 aliphatic carbocycles. The van der Waals surface area contributed by atoms with Crippen LogP contribution in [0.15, 0.2) is 24.3 Å². The third-order valence-corrected chi connectivity index (χ3v) is 4.13. The number of carbonyl (C=O) groups is 1. The molecule has 0 aliphatic rings. The van der Waals surface area contributed by atoms with Crippen LogP contribution >= 0.6 is 23.2 Å². The molecule has 1 amide bonds. The lowest BCUT2D eigenvalue weighted by molar-refractivity contribution is -0.111. The molecule has 2 rings (SSSR count). The van der Waals surface area contributed by atoms with Gasteiger partial charge in [-0.25, -0.2) is 4.39 Å². The summed E-state index contributed by atoms with van der Waals surface area (Å²) < 4.78 is 14.7. The quantitative estimate of drug-likeness (QED) is 0.720. The lowest BCUT2D eigenvalue weighted by atomic mass is 10.2. The Morgan fingerprint density at radius 3 is 2.83 bits per heavy atom. The number of amides is 1. The van der Waals surface area contributed by atoms with Gasteiger partial charge in [-0.1, -0.05) is 36.5 Å². The number of aryl methyl sites for hydroxylation is 2. The topological polar surface area (TPSA) is 46.9 Å². The highest BCUT2D eigenvalue weighted by Gasteiger charge is 2.11. The molecule has 0 spiro atoms. The van der Waals surface area contributed by atoms with Crippen LogP contribution in [0.4, 0.5) is 10.1 Å². The number of carbonyl (C=O) groups excluding carboxylic acids is 1. The fraction of sp³-hybridized carbons (Fsp3) is 0.294. The smallest absolute Gasteiger partial charge is 0.248 e. The Balaban J connectivity index is 2.10. The molecule has 7 heteroatoms. The van der Waals surface area contributed by atoms with Crippen molar-refractivity contribution in [2.75, 3.05) is 5.32 Å². The number of nitrogens with zero attached hydrogens (tertiary/aromatic N) is 2. The van der Waals surface area contributed by atoms with Crippen molar-refractivity contribution in [3.63, 3.8) is 0 Å². The van der Waals surface area contributed by atoms with Crippen LogP contribution in [0.1, 0.15) is 31.0 Å². The molecular weight excluding hydrogens is 352 g/mol. The average Bonchev–Trinajstić information content (AvgIpc) is 2.80. The van der Waals surface area contributed by atoms with Gasteiger partial charge in [-0.3, -0.25) is 9.48 Å². The summed E-state index contributed by atoms with van der Waals surface area (Å²) in [6.45, 7) is 4.67. The van der Waals surface area contributed by atoms with E-state index in [1.807, 2.05) is 6.92 Å². The van der Waals surface area contributed by atoms with E-state index in [1.54, 1.807) is 10.8 Å². The Morgan fingerprint density at radius 1 is 1.42 bits per heavy atom. The third kappa shape index (κ3) is 4.58. The Hall–Kier alpha value is -1.85. The van der Waals surface area contributed by atoms with Gasteiger partial charge in [-0.05, 0) is 37.6 Å². The van der Waals surface area contributed by atoms with Crippen molar-refractivity contribution in [3.8, 4) is 0 Å². The van der Waals surface area contributed by atoms with Crippen LogP contribution in [0.2, 0.25) is 10.2 Å². The molecule has 0 aliphatic heterocycles. The standard InChI is InChI=1S/C17H18Cl2FN3O/c1-3-4-9-23-17(19)13(11(2)22-23)6-8-16(24)21-15-7-5-12(20)10-14(15)18/h5-8,10H,3-4,9H2,1-2H3,(H,21,24)/b8-6+. The summed E-state index contributed by atoms with van der Waals surface area (Å²) in [4.78, 5) is 12.0. The first-order valence-electron chi connectivity index (χ1n) is 7.59. The minimum Gasteiger partial charge on any atom is -0.321 e. The van der Waals surface area contributed by atoms with Crippen molar-refractivity contribution in [3.05, 3.63) is 51.5 Å². The predicted molar refractivity (Wildman–Crippen MR) is 96.0 cm³/mol. The summed E-state index contributed by atoms with van der Waals surface area (Å²) >= 11 is 12.2. The molecule has 0 unspecified atom stereocenters. The van der Waals surface area contributed by atoms with Crippen molar-refractivity contribution >= 4 is 40.9 Å². The first-order chi connectivity index (χ1) is 11.4. The van der Waals surface area contributed by atoms with Gasteiger partial charge in [-0.15, -0.1) is 0 Å². The maximum absolute atomic E-state index is 13.0. The molecule has 0 saturated heterocycles. The fourth-order valence-electron chi connectivity index (χ4n) is 2.14. The molecule has 2 aromatic rings. The number of hydrogen-bond acceptors (Lipinski definition) is 2.